The third kappa shape index (κ3) is 21.2. The lowest BCUT2D eigenvalue weighted by Gasteiger charge is -2.20. The van der Waals surface area contributed by atoms with Crippen molar-refractivity contribution in [3.63, 3.8) is 0 Å². The fraction of sp³-hybridized carbons (Fsp3) is 0.340. The van der Waals surface area contributed by atoms with Crippen LogP contribution < -0.4 is 18.3 Å². The second-order valence-corrected chi connectivity index (χ2v) is 33.4. The van der Waals surface area contributed by atoms with Gasteiger partial charge in [0.1, 0.15) is 28.2 Å². The Labute approximate surface area is 665 Å². The van der Waals surface area contributed by atoms with Crippen molar-refractivity contribution >= 4 is 0 Å². The van der Waals surface area contributed by atoms with E-state index in [0.29, 0.717) is 45.0 Å². The fourth-order valence-corrected chi connectivity index (χ4v) is 14.4. The van der Waals surface area contributed by atoms with Gasteiger partial charge in [-0.3, -0.25) is 0 Å². The van der Waals surface area contributed by atoms with Crippen LogP contribution in [0.25, 0.3) is 89.5 Å². The van der Waals surface area contributed by atoms with Gasteiger partial charge >= 0.3 is 0 Å². The molecule has 0 aliphatic carbocycles. The molecule has 4 nitrogen and oxygen atoms in total. The van der Waals surface area contributed by atoms with Gasteiger partial charge in [-0.1, -0.05) is 222 Å². The SMILES string of the molecule is Cc1c[n+](C)c(-c2cc(-c3ccccc3)c(C)cc2C)cc1CC(C)(C)C.Cc1cc(-c2cc(-c3ccccc3)c(C)cc2C)[n+](C)cc1CC(C)C.[2H]C([2H])([2H])c1cc(C)c(-c2cc(C([2H])([2H])C(C)(C)C)c(C([2H])([2H])[2H])c[n+]2C)cc1-c1ccccc1.[2H]C([2H])([2H])c1cc(C)c(-c2cc(C)c(C([2H])([2H])C(C)(C)C)c[n+]2C)cc1-c1ccccc1. The summed E-state index contributed by atoms with van der Waals surface area (Å²) in [5.74, 6) is 0.672. The minimum atomic E-state index is -2.50. The molecule has 12 aromatic rings. The van der Waals surface area contributed by atoms with E-state index in [4.69, 9.17) is 17.8 Å². The first-order chi connectivity index (χ1) is 55.5. The average Bonchev–Trinajstić information content (AvgIpc) is 0.741. The van der Waals surface area contributed by atoms with Crippen molar-refractivity contribution in [2.24, 2.45) is 50.4 Å². The van der Waals surface area contributed by atoms with Crippen LogP contribution in [0.2, 0.25) is 0 Å². The summed E-state index contributed by atoms with van der Waals surface area (Å²) in [7, 11) is 7.96. The Morgan fingerprint density at radius 3 is 0.897 bits per heavy atom. The Hall–Kier alpha value is -9.64. The number of hydrogen-bond donors (Lipinski definition) is 0. The molecule has 0 bridgehead atoms. The standard InChI is InChI=1S/3C26H32N.C25H30N/c1-18-14-25(27(7)17-22(18)16-26(4,5)6)24-15-23(19(2)13-20(24)3)21-11-9-8-10-12-21;2*1-18-13-19(2)24(15-23(18)21-11-9-8-10-12-21)25-14-22(16-26(4,5)6)20(3)17-27(25)7;1-17(2)12-22-16-26(6)25(14-18(22)3)24-15-23(19(4)13-20(24)5)21-10-8-7-9-11-21/h3*8-15,17H,16H2,1-7H3;7-11,13-17H,12H2,1-6H3/q4*+1/i2D3,16D2;1D3,3D3,16D2;;. The van der Waals surface area contributed by atoms with E-state index >= 15 is 0 Å². The predicted molar refractivity (Wildman–Crippen MR) is 459 cm³/mol. The van der Waals surface area contributed by atoms with E-state index in [2.05, 4.69) is 209 Å². The summed E-state index contributed by atoms with van der Waals surface area (Å²) >= 11 is 0. The molecule has 0 amide bonds. The van der Waals surface area contributed by atoms with Crippen molar-refractivity contribution in [2.45, 2.75) is 185 Å². The van der Waals surface area contributed by atoms with Crippen molar-refractivity contribution in [2.75, 3.05) is 0 Å². The molecule has 0 atom stereocenters. The Morgan fingerprint density at radius 1 is 0.280 bits per heavy atom. The van der Waals surface area contributed by atoms with Crippen LogP contribution in [0.4, 0.5) is 0 Å². The molecule has 4 aromatic heterocycles. The van der Waals surface area contributed by atoms with E-state index in [1.165, 1.54) is 95.5 Å². The van der Waals surface area contributed by atoms with E-state index in [1.54, 1.807) is 50.6 Å². The first-order valence-corrected chi connectivity index (χ1v) is 37.8. The van der Waals surface area contributed by atoms with Crippen LogP contribution in [0.1, 0.15) is 183 Å². The fourth-order valence-electron chi connectivity index (χ4n) is 14.4. The van der Waals surface area contributed by atoms with Crippen molar-refractivity contribution in [3.8, 4) is 89.5 Å². The zero-order valence-corrected chi connectivity index (χ0v) is 68.6. The van der Waals surface area contributed by atoms with Gasteiger partial charge in [-0.05, 0) is 266 Å². The first-order valence-electron chi connectivity index (χ1n) is 44.3. The zero-order chi connectivity index (χ0) is 89.2. The molecule has 0 fully saturated rings. The monoisotopic (exact) mass is 1430 g/mol. The van der Waals surface area contributed by atoms with Gasteiger partial charge in [0.05, 0.1) is 0 Å². The quantitative estimate of drug-likeness (QED) is 0.102. The summed E-state index contributed by atoms with van der Waals surface area (Å²) in [4.78, 5) is 0. The average molecular weight is 1430 g/mol. The van der Waals surface area contributed by atoms with Crippen LogP contribution in [0.15, 0.2) is 219 Å². The van der Waals surface area contributed by atoms with E-state index in [0.717, 1.165) is 46.4 Å². The molecule has 107 heavy (non-hydrogen) atoms. The molecule has 0 unspecified atom stereocenters. The van der Waals surface area contributed by atoms with Crippen molar-refractivity contribution in [3.05, 3.63) is 308 Å². The van der Waals surface area contributed by atoms with E-state index < -0.39 is 44.1 Å². The lowest BCUT2D eigenvalue weighted by molar-refractivity contribution is -0.661. The van der Waals surface area contributed by atoms with Crippen LogP contribution >= 0.6 is 0 Å². The first kappa shape index (κ1) is 64.5. The molecule has 554 valence electrons. The van der Waals surface area contributed by atoms with Crippen LogP contribution in [0, 0.1) is 105 Å². The van der Waals surface area contributed by atoms with Crippen molar-refractivity contribution in [1.82, 2.24) is 0 Å². The maximum atomic E-state index is 8.85. The summed E-state index contributed by atoms with van der Waals surface area (Å²) in [5.41, 5.74) is 30.0. The van der Waals surface area contributed by atoms with Crippen molar-refractivity contribution in [1.29, 1.82) is 0 Å². The van der Waals surface area contributed by atoms with Gasteiger partial charge < -0.3 is 0 Å². The molecule has 0 aliphatic heterocycles. The number of aromatic nitrogens is 4. The lowest BCUT2D eigenvalue weighted by Crippen LogP contribution is -2.32. The molecule has 8 aromatic carbocycles. The molecule has 0 saturated heterocycles. The minimum absolute atomic E-state index is 0.0382. The van der Waals surface area contributed by atoms with Gasteiger partial charge in [-0.15, -0.1) is 0 Å². The highest BCUT2D eigenvalue weighted by atomic mass is 14.9. The third-order valence-corrected chi connectivity index (χ3v) is 19.6. The largest absolute Gasteiger partial charge is 0.212 e. The van der Waals surface area contributed by atoms with Gasteiger partial charge in [0.15, 0.2) is 24.8 Å². The molecule has 4 heteroatoms. The van der Waals surface area contributed by atoms with Gasteiger partial charge in [0.2, 0.25) is 22.8 Å². The molecular formula is C103H126N4+4. The Bertz CT molecular complexity index is 5660. The van der Waals surface area contributed by atoms with E-state index in [-0.39, 0.29) is 22.1 Å². The summed E-state index contributed by atoms with van der Waals surface area (Å²) in [6, 6.07) is 65.1. The highest BCUT2D eigenvalue weighted by molar-refractivity contribution is 5.80. The zero-order valence-electron chi connectivity index (χ0n) is 81.6. The normalized spacial score (nSPS) is 14.0. The molecule has 0 saturated carbocycles. The number of hydrogen-bond acceptors (Lipinski definition) is 0. The third-order valence-electron chi connectivity index (χ3n) is 19.6. The summed E-state index contributed by atoms with van der Waals surface area (Å²) < 4.78 is 116. The van der Waals surface area contributed by atoms with Crippen LogP contribution in [0.5, 0.6) is 0 Å². The number of rotatable bonds is 13. The number of benzene rings is 8. The van der Waals surface area contributed by atoms with Crippen LogP contribution in [-0.4, -0.2) is 0 Å². The maximum absolute atomic E-state index is 8.85. The molecule has 0 spiro atoms. The summed E-state index contributed by atoms with van der Waals surface area (Å²) in [5, 5.41) is 0. The predicted octanol–water partition coefficient (Wildman–Crippen LogP) is 25.0. The molecule has 12 rings (SSSR count). The topological polar surface area (TPSA) is 15.5 Å². The molecule has 0 aliphatic rings. The minimum Gasteiger partial charge on any atom is -0.201 e. The number of nitrogens with zero attached hydrogens (tertiary/aromatic N) is 4. The Balaban J connectivity index is 0.000000183. The summed E-state index contributed by atoms with van der Waals surface area (Å²) in [6.07, 6.45) is 6.71. The van der Waals surface area contributed by atoms with Crippen molar-refractivity contribution < 1.29 is 36.1 Å². The lowest BCUT2D eigenvalue weighted by atomic mass is 9.86. The highest BCUT2D eigenvalue weighted by Crippen LogP contribution is 2.38. The second kappa shape index (κ2) is 34.5. The maximum Gasteiger partial charge on any atom is 0.212 e. The van der Waals surface area contributed by atoms with Gasteiger partial charge in [-0.25, -0.2) is 18.3 Å². The van der Waals surface area contributed by atoms with E-state index in [1.807, 2.05) is 138 Å². The van der Waals surface area contributed by atoms with Gasteiger partial charge in [0.25, 0.3) is 0 Å². The van der Waals surface area contributed by atoms with Crippen LogP contribution in [-0.2, 0) is 53.8 Å². The molecule has 0 radical (unpaired) electrons. The Kier molecular flexibility index (Phi) is 20.8. The molecule has 0 N–H and O–H groups in total. The van der Waals surface area contributed by atoms with E-state index in [9.17, 15) is 0 Å². The summed E-state index contributed by atoms with van der Waals surface area (Å²) in [6.45, 7) is 34.4. The highest BCUT2D eigenvalue weighted by Gasteiger charge is 2.26. The number of aryl methyl sites for hydroxylation is 16. The molecular weight excluding hydrogens is 1290 g/mol. The van der Waals surface area contributed by atoms with Gasteiger partial charge in [0, 0.05) is 86.6 Å². The van der Waals surface area contributed by atoms with Gasteiger partial charge in [-0.2, -0.15) is 0 Å². The smallest absolute Gasteiger partial charge is 0.201 e. The second-order valence-electron chi connectivity index (χ2n) is 33.4. The number of pyridine rings is 4. The Morgan fingerprint density at radius 2 is 0.561 bits per heavy atom. The van der Waals surface area contributed by atoms with Crippen LogP contribution in [0.3, 0.4) is 0 Å². The molecule has 4 heterocycles.